The lowest BCUT2D eigenvalue weighted by Gasteiger charge is -2.37. The molecule has 2 aromatic rings. The van der Waals surface area contributed by atoms with E-state index in [0.717, 1.165) is 52.0 Å². The smallest absolute Gasteiger partial charge is 0.321 e. The summed E-state index contributed by atoms with van der Waals surface area (Å²) < 4.78 is 13.7. The van der Waals surface area contributed by atoms with Gasteiger partial charge in [-0.25, -0.2) is 9.18 Å². The van der Waals surface area contributed by atoms with Gasteiger partial charge in [0.2, 0.25) is 0 Å². The van der Waals surface area contributed by atoms with Gasteiger partial charge in [-0.1, -0.05) is 30.3 Å². The lowest BCUT2D eigenvalue weighted by Crippen LogP contribution is -2.46. The molecule has 148 valence electrons. The average Bonchev–Trinajstić information content (AvgIpc) is 2.71. The van der Waals surface area contributed by atoms with Crippen LogP contribution in [0.15, 0.2) is 42.5 Å². The summed E-state index contributed by atoms with van der Waals surface area (Å²) in [5.74, 6) is 0.194. The lowest BCUT2D eigenvalue weighted by molar-refractivity contribution is 0.140. The van der Waals surface area contributed by atoms with Crippen LogP contribution in [-0.2, 0) is 13.0 Å². The molecule has 1 atom stereocenters. The third kappa shape index (κ3) is 4.36. The molecular weight excluding hydrogens is 353 g/mol. The van der Waals surface area contributed by atoms with Crippen LogP contribution >= 0.6 is 0 Å². The molecule has 1 fully saturated rings. The number of nitrogens with zero attached hydrogens (tertiary/aromatic N) is 2. The van der Waals surface area contributed by atoms with Crippen LogP contribution in [0.3, 0.4) is 0 Å². The van der Waals surface area contributed by atoms with E-state index in [1.54, 1.807) is 19.1 Å². The summed E-state index contributed by atoms with van der Waals surface area (Å²) >= 11 is 0. The molecule has 4 rings (SSSR count). The molecule has 2 aromatic carbocycles. The molecule has 0 aliphatic carbocycles. The molecule has 0 radical (unpaired) electrons. The number of benzene rings is 2. The van der Waals surface area contributed by atoms with Gasteiger partial charge in [0.1, 0.15) is 5.82 Å². The van der Waals surface area contributed by atoms with Gasteiger partial charge < -0.3 is 10.2 Å². The van der Waals surface area contributed by atoms with Gasteiger partial charge in [-0.3, -0.25) is 4.90 Å². The third-order valence-electron chi connectivity index (χ3n) is 5.96. The van der Waals surface area contributed by atoms with E-state index in [0.29, 0.717) is 17.2 Å². The maximum absolute atomic E-state index is 13.7. The van der Waals surface area contributed by atoms with Gasteiger partial charge in [-0.2, -0.15) is 0 Å². The molecule has 2 amide bonds. The van der Waals surface area contributed by atoms with Crippen LogP contribution in [0.4, 0.5) is 14.9 Å². The fourth-order valence-electron chi connectivity index (χ4n) is 4.35. The number of amides is 2. The molecule has 0 saturated carbocycles. The van der Waals surface area contributed by atoms with Gasteiger partial charge in [0.25, 0.3) is 0 Å². The first-order valence-corrected chi connectivity index (χ1v) is 10.2. The molecule has 0 spiro atoms. The monoisotopic (exact) mass is 381 g/mol. The van der Waals surface area contributed by atoms with Crippen molar-refractivity contribution < 1.29 is 9.18 Å². The van der Waals surface area contributed by atoms with Crippen molar-refractivity contribution in [2.45, 2.75) is 32.7 Å². The highest BCUT2D eigenvalue weighted by molar-refractivity contribution is 5.89. The average molecular weight is 381 g/mol. The number of fused-ring (bicyclic) bond motifs is 1. The second kappa shape index (κ2) is 8.31. The van der Waals surface area contributed by atoms with E-state index in [1.165, 1.54) is 17.2 Å². The first-order chi connectivity index (χ1) is 13.6. The van der Waals surface area contributed by atoms with Crippen LogP contribution in [0, 0.1) is 18.7 Å². The maximum Gasteiger partial charge on any atom is 0.321 e. The molecule has 1 saturated heterocycles. The second-order valence-electron chi connectivity index (χ2n) is 8.10. The number of likely N-dealkylation sites (tertiary alicyclic amines) is 1. The van der Waals surface area contributed by atoms with Gasteiger partial charge in [0.15, 0.2) is 0 Å². The van der Waals surface area contributed by atoms with E-state index in [4.69, 9.17) is 0 Å². The molecule has 2 aliphatic rings. The molecule has 4 nitrogen and oxygen atoms in total. The number of piperidine rings is 1. The Balaban J connectivity index is 1.33. The van der Waals surface area contributed by atoms with Gasteiger partial charge in [-0.05, 0) is 60.9 Å². The highest BCUT2D eigenvalue weighted by Crippen LogP contribution is 2.23. The number of halogens is 1. The van der Waals surface area contributed by atoms with Gasteiger partial charge in [0, 0.05) is 38.4 Å². The molecule has 5 heteroatoms. The summed E-state index contributed by atoms with van der Waals surface area (Å²) in [5, 5.41) is 2.85. The number of anilines is 1. The van der Waals surface area contributed by atoms with Crippen molar-refractivity contribution in [3.63, 3.8) is 0 Å². The van der Waals surface area contributed by atoms with Crippen LogP contribution in [0.1, 0.15) is 29.5 Å². The van der Waals surface area contributed by atoms with Crippen molar-refractivity contribution in [2.24, 2.45) is 5.92 Å². The van der Waals surface area contributed by atoms with Crippen molar-refractivity contribution >= 4 is 11.7 Å². The van der Waals surface area contributed by atoms with Crippen molar-refractivity contribution in [3.05, 3.63) is 65.0 Å². The van der Waals surface area contributed by atoms with Crippen molar-refractivity contribution in [3.8, 4) is 0 Å². The van der Waals surface area contributed by atoms with Crippen LogP contribution in [0.5, 0.6) is 0 Å². The van der Waals surface area contributed by atoms with E-state index in [9.17, 15) is 9.18 Å². The Kier molecular flexibility index (Phi) is 5.62. The predicted octanol–water partition coefficient (Wildman–Crippen LogP) is 4.44. The van der Waals surface area contributed by atoms with Crippen LogP contribution in [0.2, 0.25) is 0 Å². The third-order valence-corrected chi connectivity index (χ3v) is 5.96. The van der Waals surface area contributed by atoms with Crippen LogP contribution in [-0.4, -0.2) is 42.0 Å². The first kappa shape index (κ1) is 18.9. The lowest BCUT2D eigenvalue weighted by atomic mass is 9.95. The Morgan fingerprint density at radius 1 is 1.18 bits per heavy atom. The number of aryl methyl sites for hydroxylation is 1. The fourth-order valence-corrected chi connectivity index (χ4v) is 4.35. The number of hydrogen-bond acceptors (Lipinski definition) is 2. The summed E-state index contributed by atoms with van der Waals surface area (Å²) in [6, 6.07) is 13.4. The van der Waals surface area contributed by atoms with Crippen LogP contribution in [0.25, 0.3) is 0 Å². The zero-order valence-electron chi connectivity index (χ0n) is 16.5. The summed E-state index contributed by atoms with van der Waals surface area (Å²) in [5.41, 5.74) is 4.00. The molecule has 2 heterocycles. The Hall–Kier alpha value is -2.40. The Labute approximate surface area is 166 Å². The second-order valence-corrected chi connectivity index (χ2v) is 8.10. The largest absolute Gasteiger partial charge is 0.324 e. The van der Waals surface area contributed by atoms with Gasteiger partial charge >= 0.3 is 6.03 Å². The Morgan fingerprint density at radius 3 is 2.82 bits per heavy atom. The quantitative estimate of drug-likeness (QED) is 0.853. The SMILES string of the molecule is Cc1ccc(NC(=O)N2CCC[C@H](CN3CCc4ccccc4C3)C2)cc1F. The number of carbonyl (C=O) groups excluding carboxylic acids is 1. The number of rotatable bonds is 3. The predicted molar refractivity (Wildman–Crippen MR) is 110 cm³/mol. The van der Waals surface area contributed by atoms with E-state index in [-0.39, 0.29) is 11.8 Å². The van der Waals surface area contributed by atoms with Crippen molar-refractivity contribution in [1.29, 1.82) is 0 Å². The van der Waals surface area contributed by atoms with E-state index in [1.807, 2.05) is 4.90 Å². The molecule has 0 bridgehead atoms. The Morgan fingerprint density at radius 2 is 2.00 bits per heavy atom. The summed E-state index contributed by atoms with van der Waals surface area (Å²) in [6.45, 7) is 6.36. The summed E-state index contributed by atoms with van der Waals surface area (Å²) in [6.07, 6.45) is 3.28. The Bertz CT molecular complexity index is 853. The van der Waals surface area contributed by atoms with Gasteiger partial charge in [-0.15, -0.1) is 0 Å². The van der Waals surface area contributed by atoms with Crippen LogP contribution < -0.4 is 5.32 Å². The van der Waals surface area contributed by atoms with Crippen molar-refractivity contribution in [1.82, 2.24) is 9.80 Å². The topological polar surface area (TPSA) is 35.6 Å². The minimum absolute atomic E-state index is 0.128. The normalized spacial score (nSPS) is 19.9. The number of hydrogen-bond donors (Lipinski definition) is 1. The molecule has 0 aromatic heterocycles. The highest BCUT2D eigenvalue weighted by atomic mass is 19.1. The fraction of sp³-hybridized carbons (Fsp3) is 0.435. The standard InChI is InChI=1S/C23H28FN3O/c1-17-8-9-21(13-22(17)24)25-23(28)27-11-4-5-18(15-27)14-26-12-10-19-6-2-3-7-20(19)16-26/h2-3,6-9,13,18H,4-5,10-12,14-16H2,1H3,(H,25,28)/t18-/m1/s1. The van der Waals surface area contributed by atoms with E-state index in [2.05, 4.69) is 34.5 Å². The molecule has 1 N–H and O–H groups in total. The maximum atomic E-state index is 13.7. The minimum atomic E-state index is -0.292. The first-order valence-electron chi connectivity index (χ1n) is 10.2. The highest BCUT2D eigenvalue weighted by Gasteiger charge is 2.26. The van der Waals surface area contributed by atoms with Crippen molar-refractivity contribution in [2.75, 3.05) is 31.5 Å². The number of carbonyl (C=O) groups is 1. The molecule has 0 unspecified atom stereocenters. The van der Waals surface area contributed by atoms with E-state index < -0.39 is 0 Å². The molecule has 2 aliphatic heterocycles. The number of urea groups is 1. The zero-order valence-corrected chi connectivity index (χ0v) is 16.5. The zero-order chi connectivity index (χ0) is 19.5. The van der Waals surface area contributed by atoms with E-state index >= 15 is 0 Å². The number of nitrogens with one attached hydrogen (secondary N) is 1. The molecular formula is C23H28FN3O. The summed E-state index contributed by atoms with van der Waals surface area (Å²) in [7, 11) is 0. The van der Waals surface area contributed by atoms with Gasteiger partial charge in [0.05, 0.1) is 0 Å². The molecule has 28 heavy (non-hydrogen) atoms. The summed E-state index contributed by atoms with van der Waals surface area (Å²) in [4.78, 5) is 17.0. The minimum Gasteiger partial charge on any atom is -0.324 e.